The molecule has 0 saturated carbocycles. The Bertz CT molecular complexity index is 557. The molecule has 0 saturated heterocycles. The van der Waals surface area contributed by atoms with Crippen molar-refractivity contribution in [3.63, 3.8) is 0 Å². The summed E-state index contributed by atoms with van der Waals surface area (Å²) in [6, 6.07) is 4.92. The van der Waals surface area contributed by atoms with Gasteiger partial charge in [0.05, 0.1) is 0 Å². The van der Waals surface area contributed by atoms with Gasteiger partial charge in [0.15, 0.2) is 24.0 Å². The van der Waals surface area contributed by atoms with Crippen LogP contribution in [0.5, 0.6) is 5.75 Å². The van der Waals surface area contributed by atoms with Crippen LogP contribution in [0.4, 0.5) is 4.39 Å². The summed E-state index contributed by atoms with van der Waals surface area (Å²) in [7, 11) is 0. The van der Waals surface area contributed by atoms with Gasteiger partial charge in [-0.25, -0.2) is 4.39 Å². The van der Waals surface area contributed by atoms with E-state index in [1.807, 2.05) is 6.07 Å². The van der Waals surface area contributed by atoms with E-state index in [0.717, 1.165) is 18.5 Å². The maximum atomic E-state index is 13.8. The predicted octanol–water partition coefficient (Wildman–Crippen LogP) is 2.60. The number of hydrogen-bond donors (Lipinski definition) is 1. The number of benzene rings is 1. The molecule has 5 nitrogen and oxygen atoms in total. The van der Waals surface area contributed by atoms with E-state index in [1.165, 1.54) is 6.07 Å². The lowest BCUT2D eigenvalue weighted by Gasteiger charge is -2.07. The van der Waals surface area contributed by atoms with Crippen LogP contribution in [0.2, 0.25) is 0 Å². The Kier molecular flexibility index (Phi) is 5.06. The Morgan fingerprint density at radius 2 is 2.25 bits per heavy atom. The van der Waals surface area contributed by atoms with Crippen LogP contribution in [0.3, 0.4) is 0 Å². The van der Waals surface area contributed by atoms with Crippen molar-refractivity contribution in [2.75, 3.05) is 6.54 Å². The van der Waals surface area contributed by atoms with E-state index in [-0.39, 0.29) is 12.4 Å². The molecule has 0 amide bonds. The first-order valence-electron chi connectivity index (χ1n) is 6.60. The van der Waals surface area contributed by atoms with E-state index in [4.69, 9.17) is 9.26 Å². The molecule has 1 heterocycles. The summed E-state index contributed by atoms with van der Waals surface area (Å²) in [5.41, 5.74) is 0.886. The Hall–Kier alpha value is -1.95. The smallest absolute Gasteiger partial charge is 0.264 e. The molecular weight excluding hydrogens is 261 g/mol. The van der Waals surface area contributed by atoms with Gasteiger partial charge in [-0.1, -0.05) is 18.1 Å². The van der Waals surface area contributed by atoms with Gasteiger partial charge in [-0.3, -0.25) is 0 Å². The zero-order valence-electron chi connectivity index (χ0n) is 11.6. The van der Waals surface area contributed by atoms with Crippen LogP contribution >= 0.6 is 0 Å². The van der Waals surface area contributed by atoms with Crippen molar-refractivity contribution in [2.45, 2.75) is 33.4 Å². The van der Waals surface area contributed by atoms with Crippen molar-refractivity contribution in [2.24, 2.45) is 0 Å². The quantitative estimate of drug-likeness (QED) is 0.789. The molecule has 0 radical (unpaired) electrons. The van der Waals surface area contributed by atoms with Crippen molar-refractivity contribution < 1.29 is 13.7 Å². The largest absolute Gasteiger partial charge is 0.481 e. The zero-order chi connectivity index (χ0) is 14.4. The van der Waals surface area contributed by atoms with Crippen LogP contribution in [-0.4, -0.2) is 16.7 Å². The van der Waals surface area contributed by atoms with Crippen LogP contribution in [-0.2, 0) is 13.2 Å². The topological polar surface area (TPSA) is 60.2 Å². The minimum absolute atomic E-state index is 0.0607. The maximum absolute atomic E-state index is 13.8. The Balaban J connectivity index is 1.92. The number of nitrogens with zero attached hydrogens (tertiary/aromatic N) is 2. The molecule has 2 aromatic rings. The van der Waals surface area contributed by atoms with E-state index >= 15 is 0 Å². The van der Waals surface area contributed by atoms with Crippen molar-refractivity contribution in [3.8, 4) is 5.75 Å². The molecule has 1 N–H and O–H groups in total. The summed E-state index contributed by atoms with van der Waals surface area (Å²) in [5.74, 6) is 0.647. The van der Waals surface area contributed by atoms with Crippen LogP contribution in [0.15, 0.2) is 22.7 Å². The molecule has 0 fully saturated rings. The lowest BCUT2D eigenvalue weighted by molar-refractivity contribution is 0.234. The van der Waals surface area contributed by atoms with Crippen LogP contribution < -0.4 is 10.1 Å². The fourth-order valence-electron chi connectivity index (χ4n) is 1.72. The molecule has 0 unspecified atom stereocenters. The number of aryl methyl sites for hydroxylation is 1. The predicted molar refractivity (Wildman–Crippen MR) is 71.8 cm³/mol. The first-order chi connectivity index (χ1) is 9.69. The molecule has 20 heavy (non-hydrogen) atoms. The van der Waals surface area contributed by atoms with Crippen molar-refractivity contribution in [1.29, 1.82) is 0 Å². The third kappa shape index (κ3) is 4.03. The van der Waals surface area contributed by atoms with Crippen molar-refractivity contribution in [1.82, 2.24) is 15.5 Å². The standard InChI is InChI=1S/C14H18FN3O2/c1-3-6-16-8-11-4-5-13(12(15)7-11)19-9-14-17-10(2)18-20-14/h4-5,7,16H,3,6,8-9H2,1-2H3. The van der Waals surface area contributed by atoms with E-state index in [9.17, 15) is 4.39 Å². The number of aromatic nitrogens is 2. The average molecular weight is 279 g/mol. The molecule has 6 heteroatoms. The Labute approximate surface area is 117 Å². The van der Waals surface area contributed by atoms with Crippen molar-refractivity contribution >= 4 is 0 Å². The van der Waals surface area contributed by atoms with Gasteiger partial charge in [-0.05, 0) is 37.6 Å². The Morgan fingerprint density at radius 1 is 1.40 bits per heavy atom. The molecular formula is C14H18FN3O2. The van der Waals surface area contributed by atoms with Gasteiger partial charge in [0.2, 0.25) is 0 Å². The number of ether oxygens (including phenoxy) is 1. The highest BCUT2D eigenvalue weighted by Gasteiger charge is 2.08. The highest BCUT2D eigenvalue weighted by atomic mass is 19.1. The van der Waals surface area contributed by atoms with Crippen LogP contribution in [0, 0.1) is 12.7 Å². The molecule has 108 valence electrons. The zero-order valence-corrected chi connectivity index (χ0v) is 11.6. The molecule has 0 aliphatic carbocycles. The monoisotopic (exact) mass is 279 g/mol. The van der Waals surface area contributed by atoms with Gasteiger partial charge >= 0.3 is 0 Å². The lowest BCUT2D eigenvalue weighted by Crippen LogP contribution is -2.13. The van der Waals surface area contributed by atoms with E-state index < -0.39 is 5.82 Å². The minimum atomic E-state index is -0.392. The summed E-state index contributed by atoms with van der Waals surface area (Å²) in [6.45, 7) is 5.42. The van der Waals surface area contributed by atoms with Gasteiger partial charge < -0.3 is 14.6 Å². The number of rotatable bonds is 7. The molecule has 2 rings (SSSR count). The van der Waals surface area contributed by atoms with Gasteiger partial charge in [-0.15, -0.1) is 0 Å². The number of nitrogens with one attached hydrogen (secondary N) is 1. The fraction of sp³-hybridized carbons (Fsp3) is 0.429. The third-order valence-electron chi connectivity index (χ3n) is 2.67. The summed E-state index contributed by atoms with van der Waals surface area (Å²) in [4.78, 5) is 3.99. The maximum Gasteiger partial charge on any atom is 0.264 e. The van der Waals surface area contributed by atoms with Crippen molar-refractivity contribution in [3.05, 3.63) is 41.3 Å². The highest BCUT2D eigenvalue weighted by Crippen LogP contribution is 2.19. The van der Waals surface area contributed by atoms with Crippen LogP contribution in [0.1, 0.15) is 30.6 Å². The molecule has 0 aliphatic rings. The molecule has 1 aromatic carbocycles. The molecule has 0 bridgehead atoms. The molecule has 0 aliphatic heterocycles. The van der Waals surface area contributed by atoms with Crippen LogP contribution in [0.25, 0.3) is 0 Å². The lowest BCUT2D eigenvalue weighted by atomic mass is 10.2. The molecule has 0 atom stereocenters. The SMILES string of the molecule is CCCNCc1ccc(OCc2nc(C)no2)c(F)c1. The molecule has 0 spiro atoms. The summed E-state index contributed by atoms with van der Waals surface area (Å²) < 4.78 is 24.1. The van der Waals surface area contributed by atoms with Gasteiger partial charge in [0.1, 0.15) is 0 Å². The summed E-state index contributed by atoms with van der Waals surface area (Å²) >= 11 is 0. The fourth-order valence-corrected chi connectivity index (χ4v) is 1.72. The van der Waals surface area contributed by atoms with Gasteiger partial charge in [-0.2, -0.15) is 4.98 Å². The third-order valence-corrected chi connectivity index (χ3v) is 2.67. The Morgan fingerprint density at radius 3 is 2.90 bits per heavy atom. The second-order valence-corrected chi connectivity index (χ2v) is 4.47. The second kappa shape index (κ2) is 7.00. The summed E-state index contributed by atoms with van der Waals surface area (Å²) in [6.07, 6.45) is 1.05. The first-order valence-corrected chi connectivity index (χ1v) is 6.60. The first kappa shape index (κ1) is 14.5. The highest BCUT2D eigenvalue weighted by molar-refractivity contribution is 5.29. The van der Waals surface area contributed by atoms with E-state index in [2.05, 4.69) is 22.4 Å². The number of halogens is 1. The van der Waals surface area contributed by atoms with Gasteiger partial charge in [0, 0.05) is 6.54 Å². The minimum Gasteiger partial charge on any atom is -0.481 e. The van der Waals surface area contributed by atoms with Gasteiger partial charge in [0.25, 0.3) is 5.89 Å². The van der Waals surface area contributed by atoms with E-state index in [1.54, 1.807) is 13.0 Å². The van der Waals surface area contributed by atoms with E-state index in [0.29, 0.717) is 18.3 Å². The normalized spacial score (nSPS) is 10.8. The molecule has 1 aromatic heterocycles. The average Bonchev–Trinajstić information content (AvgIpc) is 2.84. The number of hydrogen-bond acceptors (Lipinski definition) is 5. The summed E-state index contributed by atoms with van der Waals surface area (Å²) in [5, 5.41) is 6.86. The second-order valence-electron chi connectivity index (χ2n) is 4.47.